The molecule has 0 spiro atoms. The molecule has 0 bridgehead atoms. The fourth-order valence-corrected chi connectivity index (χ4v) is 3.81. The van der Waals surface area contributed by atoms with Gasteiger partial charge in [-0.05, 0) is 30.1 Å². The number of carboxylic acids is 1. The van der Waals surface area contributed by atoms with Crippen LogP contribution in [0.5, 0.6) is 0 Å². The van der Waals surface area contributed by atoms with Gasteiger partial charge in [-0.3, -0.25) is 4.79 Å². The van der Waals surface area contributed by atoms with Crippen LogP contribution in [0, 0.1) is 16.7 Å². The van der Waals surface area contributed by atoms with E-state index in [-0.39, 0.29) is 11.3 Å². The third-order valence-electron chi connectivity index (χ3n) is 4.37. The minimum absolute atomic E-state index is 0.0812. The fourth-order valence-electron chi connectivity index (χ4n) is 3.81. The minimum Gasteiger partial charge on any atom is -0.481 e. The molecule has 1 aliphatic heterocycles. The van der Waals surface area contributed by atoms with Gasteiger partial charge in [0.1, 0.15) is 0 Å². The first kappa shape index (κ1) is 17.5. The van der Waals surface area contributed by atoms with E-state index in [1.807, 2.05) is 0 Å². The number of aliphatic carboxylic acids is 1. The molecule has 0 aromatic heterocycles. The van der Waals surface area contributed by atoms with Crippen LogP contribution in [0.1, 0.15) is 66.7 Å². The zero-order chi connectivity index (χ0) is 15.4. The van der Waals surface area contributed by atoms with Gasteiger partial charge in [-0.25, -0.2) is 0 Å². The summed E-state index contributed by atoms with van der Waals surface area (Å²) < 4.78 is 0. The van der Waals surface area contributed by atoms with Crippen LogP contribution in [0.15, 0.2) is 0 Å². The first-order valence-electron chi connectivity index (χ1n) is 8.16. The summed E-state index contributed by atoms with van der Waals surface area (Å²) in [6.45, 7) is 13.8. The number of likely N-dealkylation sites (tertiary alicyclic amines) is 1. The minimum atomic E-state index is -0.636. The number of nitrogens with zero attached hydrogens (tertiary/aromatic N) is 1. The number of hydrogen-bond acceptors (Lipinski definition) is 2. The van der Waals surface area contributed by atoms with Crippen LogP contribution in [-0.4, -0.2) is 35.6 Å². The van der Waals surface area contributed by atoms with E-state index >= 15 is 0 Å². The van der Waals surface area contributed by atoms with Gasteiger partial charge in [0.2, 0.25) is 0 Å². The van der Waals surface area contributed by atoms with E-state index in [0.717, 1.165) is 26.1 Å². The van der Waals surface area contributed by atoms with E-state index in [9.17, 15) is 9.90 Å². The molecule has 0 amide bonds. The topological polar surface area (TPSA) is 40.5 Å². The summed E-state index contributed by atoms with van der Waals surface area (Å²) in [5.41, 5.74) is 0.562. The van der Waals surface area contributed by atoms with E-state index < -0.39 is 5.97 Å². The van der Waals surface area contributed by atoms with Gasteiger partial charge in [-0.1, -0.05) is 47.5 Å². The molecule has 0 saturated carbocycles. The highest BCUT2D eigenvalue weighted by molar-refractivity contribution is 5.70. The second-order valence-corrected chi connectivity index (χ2v) is 7.97. The van der Waals surface area contributed by atoms with E-state index in [0.29, 0.717) is 5.41 Å². The summed E-state index contributed by atoms with van der Waals surface area (Å²) in [7, 11) is 0. The molecular weight excluding hydrogens is 250 g/mol. The summed E-state index contributed by atoms with van der Waals surface area (Å²) in [6, 6.07) is 0. The molecule has 1 saturated heterocycles. The molecule has 1 atom stereocenters. The maximum Gasteiger partial charge on any atom is 0.307 e. The monoisotopic (exact) mass is 283 g/mol. The second-order valence-electron chi connectivity index (χ2n) is 7.97. The first-order valence-corrected chi connectivity index (χ1v) is 8.16. The zero-order valence-corrected chi connectivity index (χ0v) is 14.0. The van der Waals surface area contributed by atoms with Crippen LogP contribution < -0.4 is 0 Å². The van der Waals surface area contributed by atoms with Crippen molar-refractivity contribution < 1.29 is 9.90 Å². The summed E-state index contributed by atoms with van der Waals surface area (Å²) in [6.07, 6.45) is 5.80. The molecule has 0 aromatic carbocycles. The van der Waals surface area contributed by atoms with Crippen LogP contribution in [0.2, 0.25) is 0 Å². The van der Waals surface area contributed by atoms with E-state index in [1.54, 1.807) is 0 Å². The van der Waals surface area contributed by atoms with Gasteiger partial charge in [0.15, 0.2) is 0 Å². The largest absolute Gasteiger partial charge is 0.481 e. The van der Waals surface area contributed by atoms with E-state index in [1.165, 1.54) is 25.7 Å². The smallest absolute Gasteiger partial charge is 0.307 e. The lowest BCUT2D eigenvalue weighted by molar-refractivity contribution is -0.145. The molecule has 0 aromatic rings. The van der Waals surface area contributed by atoms with Gasteiger partial charge in [0.25, 0.3) is 0 Å². The van der Waals surface area contributed by atoms with Gasteiger partial charge < -0.3 is 10.0 Å². The predicted octanol–water partition coefficient (Wildman–Crippen LogP) is 4.03. The van der Waals surface area contributed by atoms with Gasteiger partial charge in [-0.15, -0.1) is 0 Å². The van der Waals surface area contributed by atoms with Crippen LogP contribution in [0.25, 0.3) is 0 Å². The maximum atomic E-state index is 11.4. The summed E-state index contributed by atoms with van der Waals surface area (Å²) in [5.74, 6) is -0.861. The Morgan fingerprint density at radius 1 is 1.20 bits per heavy atom. The lowest BCUT2D eigenvalue weighted by atomic mass is 9.72. The lowest BCUT2D eigenvalue weighted by Crippen LogP contribution is -2.57. The first-order chi connectivity index (χ1) is 9.21. The van der Waals surface area contributed by atoms with Crippen LogP contribution >= 0.6 is 0 Å². The Morgan fingerprint density at radius 3 is 2.05 bits per heavy atom. The third kappa shape index (κ3) is 5.08. The zero-order valence-electron chi connectivity index (χ0n) is 14.0. The van der Waals surface area contributed by atoms with E-state index in [4.69, 9.17) is 0 Å². The molecule has 1 N–H and O–H groups in total. The molecule has 1 fully saturated rings. The lowest BCUT2D eigenvalue weighted by Gasteiger charge is -2.51. The Hall–Kier alpha value is -0.570. The van der Waals surface area contributed by atoms with Crippen molar-refractivity contribution in [3.8, 4) is 0 Å². The molecule has 3 heteroatoms. The van der Waals surface area contributed by atoms with Crippen molar-refractivity contribution in [1.82, 2.24) is 4.90 Å². The van der Waals surface area contributed by atoms with Crippen molar-refractivity contribution in [1.29, 1.82) is 0 Å². The molecule has 1 unspecified atom stereocenters. The number of carbonyl (C=O) groups is 1. The Bertz CT molecular complexity index is 305. The molecule has 0 radical (unpaired) electrons. The number of carboxylic acid groups (broad SMARTS) is 1. The molecule has 3 nitrogen and oxygen atoms in total. The highest BCUT2D eigenvalue weighted by Crippen LogP contribution is 2.40. The van der Waals surface area contributed by atoms with Gasteiger partial charge in [0, 0.05) is 19.6 Å². The predicted molar refractivity (Wildman–Crippen MR) is 83.9 cm³/mol. The van der Waals surface area contributed by atoms with Crippen molar-refractivity contribution in [3.63, 3.8) is 0 Å². The molecule has 1 rings (SSSR count). The Kier molecular flexibility index (Phi) is 6.06. The molecular formula is C17H33NO2. The Balaban J connectivity index is 2.51. The third-order valence-corrected chi connectivity index (χ3v) is 4.37. The molecule has 20 heavy (non-hydrogen) atoms. The highest BCUT2D eigenvalue weighted by atomic mass is 16.4. The van der Waals surface area contributed by atoms with Gasteiger partial charge in [0.05, 0.1) is 5.92 Å². The maximum absolute atomic E-state index is 11.4. The Labute approximate surface area is 124 Å². The summed E-state index contributed by atoms with van der Waals surface area (Å²) in [4.78, 5) is 13.8. The van der Waals surface area contributed by atoms with Crippen LogP contribution in [0.3, 0.4) is 0 Å². The normalized spacial score (nSPS) is 20.4. The fraction of sp³-hybridized carbons (Fsp3) is 0.941. The molecule has 118 valence electrons. The quantitative estimate of drug-likeness (QED) is 0.731. The van der Waals surface area contributed by atoms with E-state index in [2.05, 4.69) is 39.5 Å². The Morgan fingerprint density at radius 2 is 1.70 bits per heavy atom. The second kappa shape index (κ2) is 6.93. The highest BCUT2D eigenvalue weighted by Gasteiger charge is 2.42. The van der Waals surface area contributed by atoms with Crippen molar-refractivity contribution in [2.45, 2.75) is 66.7 Å². The molecule has 0 aliphatic carbocycles. The average Bonchev–Trinajstić information content (AvgIpc) is 2.24. The molecule has 1 aliphatic rings. The molecule has 1 heterocycles. The van der Waals surface area contributed by atoms with Crippen LogP contribution in [-0.2, 0) is 4.79 Å². The van der Waals surface area contributed by atoms with Crippen molar-refractivity contribution in [2.75, 3.05) is 19.6 Å². The number of hydrogen-bond donors (Lipinski definition) is 1. The van der Waals surface area contributed by atoms with Crippen molar-refractivity contribution >= 4 is 5.97 Å². The summed E-state index contributed by atoms with van der Waals surface area (Å²) >= 11 is 0. The number of rotatable bonds is 8. The SMILES string of the molecule is CCCC1(CCC)CN(CC(CC(C)(C)C)C(=O)O)C1. The van der Waals surface area contributed by atoms with Gasteiger partial charge >= 0.3 is 5.97 Å². The van der Waals surface area contributed by atoms with Crippen LogP contribution in [0.4, 0.5) is 0 Å². The van der Waals surface area contributed by atoms with Gasteiger partial charge in [-0.2, -0.15) is 0 Å². The summed E-state index contributed by atoms with van der Waals surface area (Å²) in [5, 5.41) is 9.42. The van der Waals surface area contributed by atoms with Crippen molar-refractivity contribution in [2.24, 2.45) is 16.7 Å². The standard InChI is InChI=1S/C17H33NO2/c1-6-8-17(9-7-2)12-18(13-17)11-14(15(19)20)10-16(3,4)5/h14H,6-13H2,1-5H3,(H,19,20). The van der Waals surface area contributed by atoms with Crippen molar-refractivity contribution in [3.05, 3.63) is 0 Å². The average molecular weight is 283 g/mol.